The zero-order chi connectivity index (χ0) is 16.9. The highest BCUT2D eigenvalue weighted by atomic mass is 19.1. The van der Waals surface area contributed by atoms with Crippen molar-refractivity contribution in [2.24, 2.45) is 0 Å². The number of rotatable bonds is 4. The molecule has 3 aromatic rings. The van der Waals surface area contributed by atoms with Crippen molar-refractivity contribution in [3.05, 3.63) is 83.7 Å². The summed E-state index contributed by atoms with van der Waals surface area (Å²) in [6.45, 7) is 0.284. The fraction of sp³-hybridized carbons (Fsp3) is 0.0556. The fourth-order valence-corrected chi connectivity index (χ4v) is 2.36. The standard InChI is InChI=1S/C18H13FN4O/c19-15-4-1-5-16(9-15)23-8-6-14(10-20)17(23)18(24)22-12-13-3-2-7-21-11-13/h1-9,11H,12H2,(H,22,24). The van der Waals surface area contributed by atoms with Crippen LogP contribution in [-0.2, 0) is 6.54 Å². The van der Waals surface area contributed by atoms with Crippen molar-refractivity contribution in [2.75, 3.05) is 0 Å². The molecular formula is C18H13FN4O. The monoisotopic (exact) mass is 320 g/mol. The van der Waals surface area contributed by atoms with Crippen molar-refractivity contribution in [3.8, 4) is 11.8 Å². The molecule has 1 aromatic carbocycles. The van der Waals surface area contributed by atoms with Crippen LogP contribution in [0.4, 0.5) is 4.39 Å². The minimum absolute atomic E-state index is 0.173. The van der Waals surface area contributed by atoms with E-state index in [0.717, 1.165) is 5.56 Å². The maximum Gasteiger partial charge on any atom is 0.269 e. The molecule has 2 aromatic heterocycles. The van der Waals surface area contributed by atoms with Gasteiger partial charge < -0.3 is 9.88 Å². The van der Waals surface area contributed by atoms with Crippen LogP contribution in [-0.4, -0.2) is 15.5 Å². The lowest BCUT2D eigenvalue weighted by atomic mass is 10.2. The average Bonchev–Trinajstić information content (AvgIpc) is 3.05. The van der Waals surface area contributed by atoms with Crippen LogP contribution in [0.2, 0.25) is 0 Å². The van der Waals surface area contributed by atoms with Crippen LogP contribution < -0.4 is 5.32 Å². The lowest BCUT2D eigenvalue weighted by molar-refractivity contribution is 0.0944. The first-order valence-electron chi connectivity index (χ1n) is 7.23. The molecule has 0 saturated carbocycles. The van der Waals surface area contributed by atoms with E-state index in [4.69, 9.17) is 0 Å². The number of amides is 1. The van der Waals surface area contributed by atoms with Gasteiger partial charge in [0, 0.05) is 30.8 Å². The van der Waals surface area contributed by atoms with Gasteiger partial charge in [-0.05, 0) is 35.9 Å². The third-order valence-corrected chi connectivity index (χ3v) is 3.48. The Morgan fingerprint density at radius 3 is 2.88 bits per heavy atom. The molecule has 118 valence electrons. The molecule has 0 aliphatic heterocycles. The van der Waals surface area contributed by atoms with Gasteiger partial charge in [0.15, 0.2) is 0 Å². The summed E-state index contributed by atoms with van der Waals surface area (Å²) in [5.41, 5.74) is 1.71. The van der Waals surface area contributed by atoms with Gasteiger partial charge in [-0.1, -0.05) is 12.1 Å². The Hall–Kier alpha value is -3.46. The van der Waals surface area contributed by atoms with Crippen molar-refractivity contribution < 1.29 is 9.18 Å². The predicted molar refractivity (Wildman–Crippen MR) is 85.8 cm³/mol. The van der Waals surface area contributed by atoms with Gasteiger partial charge in [0.1, 0.15) is 17.6 Å². The van der Waals surface area contributed by atoms with Crippen LogP contribution in [0.3, 0.4) is 0 Å². The summed E-state index contributed by atoms with van der Waals surface area (Å²) in [6, 6.07) is 13.0. The van der Waals surface area contributed by atoms with Gasteiger partial charge in [-0.2, -0.15) is 5.26 Å². The second kappa shape index (κ2) is 6.75. The predicted octanol–water partition coefficient (Wildman–Crippen LogP) is 2.81. The number of nitrogens with zero attached hydrogens (tertiary/aromatic N) is 3. The molecule has 24 heavy (non-hydrogen) atoms. The number of carbonyl (C=O) groups is 1. The van der Waals surface area contributed by atoms with Crippen molar-refractivity contribution in [2.45, 2.75) is 6.54 Å². The minimum atomic E-state index is -0.415. The van der Waals surface area contributed by atoms with Gasteiger partial charge in [-0.25, -0.2) is 4.39 Å². The molecule has 2 heterocycles. The van der Waals surface area contributed by atoms with Crippen LogP contribution in [0.25, 0.3) is 5.69 Å². The molecule has 0 atom stereocenters. The third kappa shape index (κ3) is 3.15. The molecular weight excluding hydrogens is 307 g/mol. The molecule has 3 rings (SSSR count). The summed E-state index contributed by atoms with van der Waals surface area (Å²) in [6.07, 6.45) is 4.87. The topological polar surface area (TPSA) is 70.7 Å². The summed E-state index contributed by atoms with van der Waals surface area (Å²) < 4.78 is 15.0. The Labute approximate surface area is 138 Å². The molecule has 0 radical (unpaired) electrons. The molecule has 0 bridgehead atoms. The second-order valence-electron chi connectivity index (χ2n) is 5.08. The average molecular weight is 320 g/mol. The number of hydrogen-bond donors (Lipinski definition) is 1. The van der Waals surface area contributed by atoms with Gasteiger partial charge in [0.2, 0.25) is 0 Å². The Bertz CT molecular complexity index is 912. The Morgan fingerprint density at radius 2 is 2.17 bits per heavy atom. The SMILES string of the molecule is N#Cc1ccn(-c2cccc(F)c2)c1C(=O)NCc1cccnc1. The first-order chi connectivity index (χ1) is 11.7. The van der Waals surface area contributed by atoms with Crippen molar-refractivity contribution in [1.29, 1.82) is 5.26 Å². The molecule has 5 nitrogen and oxygen atoms in total. The van der Waals surface area contributed by atoms with Crippen molar-refractivity contribution in [3.63, 3.8) is 0 Å². The summed E-state index contributed by atoms with van der Waals surface area (Å²) in [5, 5.41) is 12.0. The van der Waals surface area contributed by atoms with Crippen LogP contribution in [0.15, 0.2) is 61.1 Å². The number of nitrogens with one attached hydrogen (secondary N) is 1. The first kappa shape index (κ1) is 15.4. The number of benzene rings is 1. The highest BCUT2D eigenvalue weighted by Crippen LogP contribution is 2.18. The first-order valence-corrected chi connectivity index (χ1v) is 7.23. The molecule has 0 fully saturated rings. The van der Waals surface area contributed by atoms with Crippen LogP contribution in [0.5, 0.6) is 0 Å². The van der Waals surface area contributed by atoms with E-state index in [1.807, 2.05) is 12.1 Å². The van der Waals surface area contributed by atoms with Crippen molar-refractivity contribution in [1.82, 2.24) is 14.9 Å². The zero-order valence-electron chi connectivity index (χ0n) is 12.6. The van der Waals surface area contributed by atoms with Crippen LogP contribution in [0.1, 0.15) is 21.6 Å². The highest BCUT2D eigenvalue weighted by molar-refractivity contribution is 5.95. The van der Waals surface area contributed by atoms with E-state index in [2.05, 4.69) is 10.3 Å². The zero-order valence-corrected chi connectivity index (χ0v) is 12.6. The van der Waals surface area contributed by atoms with E-state index in [0.29, 0.717) is 5.69 Å². The maximum atomic E-state index is 13.5. The molecule has 0 spiro atoms. The number of nitriles is 1. The Balaban J connectivity index is 1.90. The quantitative estimate of drug-likeness (QED) is 0.803. The molecule has 1 amide bonds. The molecule has 0 aliphatic carbocycles. The number of carbonyl (C=O) groups excluding carboxylic acids is 1. The number of aromatic nitrogens is 2. The van der Waals surface area contributed by atoms with E-state index in [9.17, 15) is 14.4 Å². The van der Waals surface area contributed by atoms with Gasteiger partial charge in [-0.15, -0.1) is 0 Å². The van der Waals surface area contributed by atoms with E-state index in [1.54, 1.807) is 36.8 Å². The van der Waals surface area contributed by atoms with Crippen molar-refractivity contribution >= 4 is 5.91 Å². The Morgan fingerprint density at radius 1 is 1.29 bits per heavy atom. The fourth-order valence-electron chi connectivity index (χ4n) is 2.36. The summed E-state index contributed by atoms with van der Waals surface area (Å²) in [5.74, 6) is -0.828. The van der Waals surface area contributed by atoms with E-state index in [-0.39, 0.29) is 17.8 Å². The second-order valence-corrected chi connectivity index (χ2v) is 5.08. The number of pyridine rings is 1. The molecule has 6 heteroatoms. The summed E-state index contributed by atoms with van der Waals surface area (Å²) in [4.78, 5) is 16.5. The van der Waals surface area contributed by atoms with Gasteiger partial charge >= 0.3 is 0 Å². The van der Waals surface area contributed by atoms with Crippen LogP contribution in [0, 0.1) is 17.1 Å². The van der Waals surface area contributed by atoms with Gasteiger partial charge in [0.05, 0.1) is 5.56 Å². The third-order valence-electron chi connectivity index (χ3n) is 3.48. The lowest BCUT2D eigenvalue weighted by Gasteiger charge is -2.10. The van der Waals surface area contributed by atoms with Gasteiger partial charge in [0.25, 0.3) is 5.91 Å². The van der Waals surface area contributed by atoms with Crippen LogP contribution >= 0.6 is 0 Å². The molecule has 1 N–H and O–H groups in total. The normalized spacial score (nSPS) is 10.2. The highest BCUT2D eigenvalue weighted by Gasteiger charge is 2.18. The molecule has 0 aliphatic rings. The van der Waals surface area contributed by atoms with E-state index >= 15 is 0 Å². The molecule has 0 saturated heterocycles. The smallest absolute Gasteiger partial charge is 0.269 e. The van der Waals surface area contributed by atoms with E-state index in [1.165, 1.54) is 22.8 Å². The number of halogens is 1. The van der Waals surface area contributed by atoms with E-state index < -0.39 is 11.7 Å². The summed E-state index contributed by atoms with van der Waals surface area (Å²) in [7, 11) is 0. The Kier molecular flexibility index (Phi) is 4.34. The maximum absolute atomic E-state index is 13.5. The summed E-state index contributed by atoms with van der Waals surface area (Å²) >= 11 is 0. The number of hydrogen-bond acceptors (Lipinski definition) is 3. The lowest BCUT2D eigenvalue weighted by Crippen LogP contribution is -2.26. The minimum Gasteiger partial charge on any atom is -0.347 e. The largest absolute Gasteiger partial charge is 0.347 e. The molecule has 0 unspecified atom stereocenters. The van der Waals surface area contributed by atoms with Gasteiger partial charge in [-0.3, -0.25) is 9.78 Å².